The highest BCUT2D eigenvalue weighted by Crippen LogP contribution is 2.49. The number of benzene rings is 7. The summed E-state index contributed by atoms with van der Waals surface area (Å²) in [6.07, 6.45) is -0.274. The fourth-order valence-corrected chi connectivity index (χ4v) is 7.10. The number of amidine groups is 1. The molecule has 0 amide bonds. The van der Waals surface area contributed by atoms with Crippen LogP contribution in [0, 0.1) is 0 Å². The van der Waals surface area contributed by atoms with Crippen LogP contribution in [0.15, 0.2) is 169 Å². The van der Waals surface area contributed by atoms with Crippen LogP contribution in [0.25, 0.3) is 55.3 Å². The van der Waals surface area contributed by atoms with Crippen molar-refractivity contribution in [3.8, 4) is 44.5 Å². The Morgan fingerprint density at radius 2 is 0.978 bits per heavy atom. The Kier molecular flexibility index (Phi) is 6.36. The number of fused-ring (bicyclic) bond motifs is 3. The molecule has 2 N–H and O–H groups in total. The second-order valence-electron chi connectivity index (χ2n) is 12.0. The van der Waals surface area contributed by atoms with Gasteiger partial charge in [0.1, 0.15) is 18.2 Å². The second-order valence-corrected chi connectivity index (χ2v) is 12.0. The third-order valence-electron chi connectivity index (χ3n) is 9.30. The first-order chi connectivity index (χ1) is 22.8. The quantitative estimate of drug-likeness (QED) is 0.210. The molecule has 0 bridgehead atoms. The Morgan fingerprint density at radius 1 is 0.413 bits per heavy atom. The lowest BCUT2D eigenvalue weighted by Gasteiger charge is -2.32. The van der Waals surface area contributed by atoms with E-state index >= 15 is 0 Å². The molecule has 2 atom stereocenters. The monoisotopic (exact) mass is 589 g/mol. The van der Waals surface area contributed by atoms with Gasteiger partial charge in [-0.3, -0.25) is 5.32 Å². The highest BCUT2D eigenvalue weighted by molar-refractivity contribution is 6.18. The molecule has 1 aliphatic carbocycles. The summed E-state index contributed by atoms with van der Waals surface area (Å²) in [5.74, 6) is 0.889. The van der Waals surface area contributed by atoms with E-state index in [1.165, 1.54) is 60.8 Å². The van der Waals surface area contributed by atoms with Gasteiger partial charge in [-0.1, -0.05) is 152 Å². The van der Waals surface area contributed by atoms with Crippen molar-refractivity contribution in [3.63, 3.8) is 0 Å². The average Bonchev–Trinajstić information content (AvgIpc) is 3.47. The van der Waals surface area contributed by atoms with Gasteiger partial charge in [0.05, 0.1) is 0 Å². The molecule has 3 nitrogen and oxygen atoms in total. The van der Waals surface area contributed by atoms with Crippen LogP contribution in [-0.2, 0) is 0 Å². The number of hydrogen-bond donors (Lipinski definition) is 2. The van der Waals surface area contributed by atoms with Gasteiger partial charge in [0, 0.05) is 5.56 Å². The number of nitrogens with one attached hydrogen (secondary N) is 2. The molecule has 3 heteroatoms. The minimum atomic E-state index is -0.206. The summed E-state index contributed by atoms with van der Waals surface area (Å²) in [6.45, 7) is 0. The van der Waals surface area contributed by atoms with Crippen LogP contribution in [0.3, 0.4) is 0 Å². The van der Waals surface area contributed by atoms with Gasteiger partial charge in [-0.05, 0) is 78.5 Å². The minimum absolute atomic E-state index is 0.0687. The van der Waals surface area contributed by atoms with Crippen LogP contribution in [0.1, 0.15) is 29.0 Å². The molecular formula is C43H31N3. The molecule has 0 saturated carbocycles. The summed E-state index contributed by atoms with van der Waals surface area (Å²) in [6, 6.07) is 58.7. The predicted octanol–water partition coefficient (Wildman–Crippen LogP) is 10.2. The zero-order valence-electron chi connectivity index (χ0n) is 25.2. The molecule has 218 valence electrons. The van der Waals surface area contributed by atoms with Gasteiger partial charge >= 0.3 is 0 Å². The molecule has 0 saturated heterocycles. The number of rotatable bonds is 5. The molecular weight excluding hydrogens is 558 g/mol. The minimum Gasteiger partial charge on any atom is -0.350 e. The molecule has 0 radical (unpaired) electrons. The highest BCUT2D eigenvalue weighted by atomic mass is 15.3. The van der Waals surface area contributed by atoms with Crippen molar-refractivity contribution in [2.75, 3.05) is 0 Å². The zero-order chi connectivity index (χ0) is 30.5. The lowest BCUT2D eigenvalue weighted by molar-refractivity contribution is 0.409. The third-order valence-corrected chi connectivity index (χ3v) is 9.30. The standard InChI is InChI=1S/C43H31N3/c1-3-12-28(13-4-1)41-44-42(29-14-5-2-6-15-29)46-43(45-41)33-19-10-17-31(27-33)30-16-9-18-32(26-30)34-24-25-39-36-21-8-7-20-35(36)38-23-11-22-37(34)40(38)39/h1-27,41,43,45H,(H,44,46). The Balaban J connectivity index is 1.10. The van der Waals surface area contributed by atoms with Gasteiger partial charge in [-0.15, -0.1) is 0 Å². The molecule has 0 aromatic heterocycles. The fraction of sp³-hybridized carbons (Fsp3) is 0.0465. The molecule has 0 fully saturated rings. The summed E-state index contributed by atoms with van der Waals surface area (Å²) in [5, 5.41) is 10.0. The molecule has 46 heavy (non-hydrogen) atoms. The van der Waals surface area contributed by atoms with Gasteiger partial charge in [0.15, 0.2) is 0 Å². The van der Waals surface area contributed by atoms with Crippen molar-refractivity contribution in [2.24, 2.45) is 4.99 Å². The van der Waals surface area contributed by atoms with Gasteiger partial charge in [0.25, 0.3) is 0 Å². The predicted molar refractivity (Wildman–Crippen MR) is 190 cm³/mol. The van der Waals surface area contributed by atoms with E-state index in [2.05, 4.69) is 168 Å². The van der Waals surface area contributed by atoms with E-state index in [0.717, 1.165) is 17.0 Å². The molecule has 1 heterocycles. The second kappa shape index (κ2) is 11.0. The largest absolute Gasteiger partial charge is 0.350 e. The Morgan fingerprint density at radius 3 is 1.78 bits per heavy atom. The highest BCUT2D eigenvalue weighted by Gasteiger charge is 2.26. The smallest absolute Gasteiger partial charge is 0.131 e. The van der Waals surface area contributed by atoms with Gasteiger partial charge < -0.3 is 5.32 Å². The first kappa shape index (κ1) is 26.6. The molecule has 7 aromatic carbocycles. The van der Waals surface area contributed by atoms with Gasteiger partial charge in [0.2, 0.25) is 0 Å². The first-order valence-corrected chi connectivity index (χ1v) is 15.9. The molecule has 9 rings (SSSR count). The summed E-state index contributed by atoms with van der Waals surface area (Å²) < 4.78 is 0. The molecule has 2 aliphatic rings. The number of hydrogen-bond acceptors (Lipinski definition) is 3. The number of aliphatic imine (C=N–C) groups is 1. The summed E-state index contributed by atoms with van der Waals surface area (Å²) in [4.78, 5) is 5.17. The maximum absolute atomic E-state index is 5.17. The van der Waals surface area contributed by atoms with E-state index in [9.17, 15) is 0 Å². The van der Waals surface area contributed by atoms with Crippen LogP contribution in [0.4, 0.5) is 0 Å². The number of nitrogens with zero attached hydrogens (tertiary/aromatic N) is 1. The van der Waals surface area contributed by atoms with E-state index in [-0.39, 0.29) is 12.3 Å². The summed E-state index contributed by atoms with van der Waals surface area (Å²) in [5.41, 5.74) is 13.5. The van der Waals surface area contributed by atoms with Gasteiger partial charge in [-0.2, -0.15) is 0 Å². The molecule has 7 aromatic rings. The average molecular weight is 590 g/mol. The zero-order valence-corrected chi connectivity index (χ0v) is 25.2. The van der Waals surface area contributed by atoms with Crippen LogP contribution in [-0.4, -0.2) is 5.84 Å². The van der Waals surface area contributed by atoms with Gasteiger partial charge in [-0.25, -0.2) is 4.99 Å². The van der Waals surface area contributed by atoms with Crippen molar-refractivity contribution in [3.05, 3.63) is 180 Å². The Bertz CT molecular complexity index is 2240. The summed E-state index contributed by atoms with van der Waals surface area (Å²) >= 11 is 0. The maximum Gasteiger partial charge on any atom is 0.131 e. The lowest BCUT2D eigenvalue weighted by Crippen LogP contribution is -2.44. The van der Waals surface area contributed by atoms with Crippen LogP contribution in [0.5, 0.6) is 0 Å². The first-order valence-electron chi connectivity index (χ1n) is 15.9. The van der Waals surface area contributed by atoms with Crippen molar-refractivity contribution in [1.29, 1.82) is 0 Å². The molecule has 1 aliphatic heterocycles. The lowest BCUT2D eigenvalue weighted by atomic mass is 9.92. The van der Waals surface area contributed by atoms with Crippen molar-refractivity contribution in [2.45, 2.75) is 12.3 Å². The maximum atomic E-state index is 5.17. The Labute approximate surface area is 268 Å². The van der Waals surface area contributed by atoms with E-state index in [1.807, 2.05) is 6.07 Å². The molecule has 2 unspecified atom stereocenters. The van der Waals surface area contributed by atoms with Crippen molar-refractivity contribution in [1.82, 2.24) is 10.6 Å². The van der Waals surface area contributed by atoms with Crippen LogP contribution < -0.4 is 10.6 Å². The van der Waals surface area contributed by atoms with Crippen molar-refractivity contribution < 1.29 is 0 Å². The van der Waals surface area contributed by atoms with E-state index in [4.69, 9.17) is 4.99 Å². The van der Waals surface area contributed by atoms with E-state index in [0.29, 0.717) is 0 Å². The SMILES string of the molecule is c1ccc(C2=NC(c3cccc(-c4cccc(-c5ccc6c7c(cccc57)-c5ccccc5-6)c4)c3)NC(c3ccccc3)N2)cc1. The van der Waals surface area contributed by atoms with Crippen molar-refractivity contribution >= 4 is 16.6 Å². The topological polar surface area (TPSA) is 36.4 Å². The van der Waals surface area contributed by atoms with E-state index in [1.54, 1.807) is 0 Å². The summed E-state index contributed by atoms with van der Waals surface area (Å²) in [7, 11) is 0. The van der Waals surface area contributed by atoms with E-state index < -0.39 is 0 Å². The fourth-order valence-electron chi connectivity index (χ4n) is 7.10. The van der Waals surface area contributed by atoms with Crippen LogP contribution >= 0.6 is 0 Å². The van der Waals surface area contributed by atoms with Crippen LogP contribution in [0.2, 0.25) is 0 Å². The Hall–Kier alpha value is -5.77. The molecule has 0 spiro atoms. The third kappa shape index (κ3) is 4.52. The normalized spacial score (nSPS) is 16.5.